The number of halogens is 2. The molecule has 320 valence electrons. The Labute approximate surface area is 344 Å². The summed E-state index contributed by atoms with van der Waals surface area (Å²) in [6.07, 6.45) is -1.43. The van der Waals surface area contributed by atoms with Gasteiger partial charge in [0.05, 0.1) is 45.6 Å². The van der Waals surface area contributed by atoms with E-state index in [1.807, 2.05) is 0 Å². The van der Waals surface area contributed by atoms with Crippen LogP contribution in [0.15, 0.2) is 102 Å². The Morgan fingerprint density at radius 2 is 1.55 bits per heavy atom. The second-order valence-electron chi connectivity index (χ2n) is 11.1. The summed E-state index contributed by atoms with van der Waals surface area (Å²) < 4.78 is 134. The zero-order valence-corrected chi connectivity index (χ0v) is 33.3. The van der Waals surface area contributed by atoms with E-state index in [0.29, 0.717) is 6.07 Å². The Bertz CT molecular complexity index is 2770. The highest BCUT2D eigenvalue weighted by Gasteiger charge is 2.22. The average molecular weight is 939 g/mol. The van der Waals surface area contributed by atoms with Gasteiger partial charge in [0.1, 0.15) is 33.7 Å². The first-order valence-corrected chi connectivity index (χ1v) is 21.7. The van der Waals surface area contributed by atoms with E-state index < -0.39 is 75.9 Å². The maximum atomic E-state index is 13.7. The first kappa shape index (κ1) is 45.9. The molecule has 0 aliphatic heterocycles. The van der Waals surface area contributed by atoms with Crippen LogP contribution in [0.3, 0.4) is 0 Å². The first-order valence-electron chi connectivity index (χ1n) is 15.6. The molecule has 1 heterocycles. The molecule has 0 saturated heterocycles. The van der Waals surface area contributed by atoms with Gasteiger partial charge in [-0.05, 0) is 54.6 Å². The minimum atomic E-state index is -5.03. The van der Waals surface area contributed by atoms with E-state index in [4.69, 9.17) is 14.7 Å². The summed E-state index contributed by atoms with van der Waals surface area (Å²) in [5, 5.41) is 56.2. The predicted octanol–water partition coefficient (Wildman–Crippen LogP) is 6.89. The number of nitrogens with one attached hydrogen (secondary N) is 2. The van der Waals surface area contributed by atoms with Gasteiger partial charge in [-0.3, -0.25) is 13.3 Å². The molecule has 0 aliphatic carbocycles. The molecule has 0 saturated carbocycles. The highest BCUT2D eigenvalue weighted by atomic mass is 32.2. The van der Waals surface area contributed by atoms with Crippen LogP contribution in [-0.4, -0.2) is 78.2 Å². The van der Waals surface area contributed by atoms with E-state index in [9.17, 15) is 48.2 Å². The van der Waals surface area contributed by atoms with Crippen LogP contribution in [0.4, 0.5) is 48.7 Å². The third kappa shape index (κ3) is 12.5. The molecule has 24 nitrogen and oxygen atoms in total. The number of rotatable bonds is 20. The minimum absolute atomic E-state index is 0.0428. The highest BCUT2D eigenvalue weighted by molar-refractivity contribution is 7.94. The molecule has 0 aliphatic rings. The average Bonchev–Trinajstić information content (AvgIpc) is 3.17. The van der Waals surface area contributed by atoms with Gasteiger partial charge in [0.15, 0.2) is 27.9 Å². The van der Waals surface area contributed by atoms with Gasteiger partial charge in [-0.25, -0.2) is 18.9 Å². The van der Waals surface area contributed by atoms with Crippen molar-refractivity contribution in [2.75, 3.05) is 28.9 Å². The Morgan fingerprint density at radius 3 is 2.25 bits per heavy atom. The Hall–Kier alpha value is -5.13. The van der Waals surface area contributed by atoms with Crippen molar-refractivity contribution in [2.24, 2.45) is 20.5 Å². The number of azo groups is 2. The molecule has 4 aromatic carbocycles. The quantitative estimate of drug-likeness (QED) is 0.00610. The van der Waals surface area contributed by atoms with E-state index in [0.717, 1.165) is 24.3 Å². The summed E-state index contributed by atoms with van der Waals surface area (Å²) in [7, 11) is -13.7. The lowest BCUT2D eigenvalue weighted by Gasteiger charge is -2.14. The van der Waals surface area contributed by atoms with Crippen molar-refractivity contribution in [3.63, 3.8) is 0 Å². The van der Waals surface area contributed by atoms with Gasteiger partial charge in [-0.1, -0.05) is 16.1 Å². The first-order chi connectivity index (χ1) is 28.4. The summed E-state index contributed by atoms with van der Waals surface area (Å²) in [4.78, 5) is 4.99. The summed E-state index contributed by atoms with van der Waals surface area (Å²) in [6, 6.07) is 12.3. The Kier molecular flexibility index (Phi) is 15.3. The van der Waals surface area contributed by atoms with E-state index in [-0.39, 0.29) is 80.0 Å². The van der Waals surface area contributed by atoms with Crippen LogP contribution in [0.2, 0.25) is 0 Å². The van der Waals surface area contributed by atoms with Crippen molar-refractivity contribution in [1.29, 1.82) is 0 Å². The zero-order chi connectivity index (χ0) is 43.7. The van der Waals surface area contributed by atoms with Crippen molar-refractivity contribution < 1.29 is 81.7 Å². The molecule has 0 fully saturated rings. The minimum Gasteiger partial charge on any atom is -0.505 e. The van der Waals surface area contributed by atoms with E-state index in [2.05, 4.69) is 59.8 Å². The lowest BCUT2D eigenvalue weighted by atomic mass is 10.1. The maximum absolute atomic E-state index is 13.7. The van der Waals surface area contributed by atoms with Crippen LogP contribution in [0.5, 0.6) is 5.75 Å². The monoisotopic (exact) mass is 938 g/mol. The number of phenols is 1. The summed E-state index contributed by atoms with van der Waals surface area (Å²) >= 11 is 0.425. The molecular weight excluding hydrogens is 915 g/mol. The van der Waals surface area contributed by atoms with Crippen molar-refractivity contribution in [1.82, 2.24) is 9.97 Å². The fourth-order valence-corrected chi connectivity index (χ4v) is 7.68. The smallest absolute Gasteiger partial charge is 0.313 e. The number of fused-ring (bicyclic) bond motifs is 1. The number of aromatic nitrogens is 2. The van der Waals surface area contributed by atoms with Crippen LogP contribution in [0.1, 0.15) is 0 Å². The van der Waals surface area contributed by atoms with Crippen LogP contribution in [0, 0.1) is 12.0 Å². The summed E-state index contributed by atoms with van der Waals surface area (Å²) in [5.74, 6) is -3.97. The lowest BCUT2D eigenvalue weighted by molar-refractivity contribution is -0.434. The van der Waals surface area contributed by atoms with E-state index in [1.165, 1.54) is 36.4 Å². The van der Waals surface area contributed by atoms with Gasteiger partial charge < -0.3 is 15.7 Å². The molecule has 7 N–H and O–H groups in total. The molecule has 60 heavy (non-hydrogen) atoms. The maximum Gasteiger partial charge on any atom is 0.313 e. The molecule has 0 spiro atoms. The van der Waals surface area contributed by atoms with Crippen LogP contribution in [-0.2, 0) is 53.0 Å². The fraction of sp³-hybridized carbons (Fsp3) is 0.103. The topological polar surface area (TPSA) is 349 Å². The second kappa shape index (κ2) is 20.0. The van der Waals surface area contributed by atoms with Gasteiger partial charge in [0.2, 0.25) is 5.95 Å². The normalized spacial score (nSPS) is 12.5. The highest BCUT2D eigenvalue weighted by Crippen LogP contribution is 2.48. The van der Waals surface area contributed by atoms with Gasteiger partial charge in [-0.15, -0.1) is 24.0 Å². The SMILES string of the molecule is O=S(=O)(O)CNc1ccc2c(O)c(N=Nc3cccc(S(=O)(=O)CCOSOOO)c3)c(SOOO)cc2c1N=Nc1cc(Nc2cc(F)nc(F)n2)ccc1S(=O)(=O)O. The fourth-order valence-electron chi connectivity index (χ4n) is 4.81. The Morgan fingerprint density at radius 1 is 0.800 bits per heavy atom. The number of hydrogen-bond acceptors (Lipinski definition) is 24. The van der Waals surface area contributed by atoms with Crippen molar-refractivity contribution >= 4 is 105 Å². The van der Waals surface area contributed by atoms with Crippen molar-refractivity contribution in [3.8, 4) is 5.75 Å². The molecular formula is C29H24F2N8O16S5. The third-order valence-electron chi connectivity index (χ3n) is 7.22. The standard InChI is InChI=1S/C29H24F2N8O16S5/c30-24-13-25(35-29(31)34-24)33-15-4-7-23(60(48,49)50)21(11-15)37-38-26-19-12-22(56-54-52-41)27(28(40)18(19)5-6-20(26)32-14-59(45,46)47)39-36-16-2-1-3-17(10-16)58(43,44)9-8-51-57-55-53-42/h1-7,10-13,32,40-42H,8-9,14H2,(H,33,34,35)(H,45,46,47)(H,48,49,50). The number of phenolic OH excluding ortho intramolecular Hbond substituents is 1. The number of hydrogen-bond donors (Lipinski definition) is 7. The van der Waals surface area contributed by atoms with Gasteiger partial charge in [0.25, 0.3) is 20.2 Å². The van der Waals surface area contributed by atoms with E-state index in [1.54, 1.807) is 0 Å². The third-order valence-corrected chi connectivity index (χ3v) is 11.3. The van der Waals surface area contributed by atoms with Crippen LogP contribution in [0.25, 0.3) is 10.8 Å². The molecule has 0 radical (unpaired) electrons. The molecule has 31 heteroatoms. The number of benzene rings is 4. The van der Waals surface area contributed by atoms with Gasteiger partial charge >= 0.3 is 6.08 Å². The van der Waals surface area contributed by atoms with Crippen molar-refractivity contribution in [3.05, 3.63) is 78.8 Å². The molecule has 5 rings (SSSR count). The zero-order valence-electron chi connectivity index (χ0n) is 29.2. The predicted molar refractivity (Wildman–Crippen MR) is 203 cm³/mol. The molecule has 0 amide bonds. The molecule has 5 aromatic rings. The largest absolute Gasteiger partial charge is 0.505 e. The van der Waals surface area contributed by atoms with Gasteiger partial charge in [-0.2, -0.15) is 40.7 Å². The summed E-state index contributed by atoms with van der Waals surface area (Å²) in [6.45, 7) is -0.380. The number of sulfone groups is 1. The molecule has 0 atom stereocenters. The molecule has 0 unspecified atom stereocenters. The lowest BCUT2D eigenvalue weighted by Crippen LogP contribution is -2.13. The van der Waals surface area contributed by atoms with Crippen LogP contribution < -0.4 is 10.6 Å². The van der Waals surface area contributed by atoms with Gasteiger partial charge in [0, 0.05) is 22.5 Å². The summed E-state index contributed by atoms with van der Waals surface area (Å²) in [5.41, 5.74) is -1.67. The number of nitrogens with zero attached hydrogens (tertiary/aromatic N) is 6. The van der Waals surface area contributed by atoms with Crippen LogP contribution >= 0.6 is 24.4 Å². The number of anilines is 3. The second-order valence-corrected chi connectivity index (χ2v) is 17.3. The number of aromatic hydroxyl groups is 1. The molecule has 0 bridgehead atoms. The van der Waals surface area contributed by atoms with E-state index >= 15 is 0 Å². The molecule has 1 aromatic heterocycles. The van der Waals surface area contributed by atoms with Crippen molar-refractivity contribution in [2.45, 2.75) is 14.7 Å². The Balaban J connectivity index is 1.61.